The number of aromatic nitrogens is 2. The first-order valence-corrected chi connectivity index (χ1v) is 10.9. The van der Waals surface area contributed by atoms with E-state index >= 15 is 0 Å². The lowest BCUT2D eigenvalue weighted by molar-refractivity contribution is -0.121. The van der Waals surface area contributed by atoms with Gasteiger partial charge in [-0.05, 0) is 49.1 Å². The predicted octanol–water partition coefficient (Wildman–Crippen LogP) is 4.72. The van der Waals surface area contributed by atoms with E-state index in [-0.39, 0.29) is 11.9 Å². The summed E-state index contributed by atoms with van der Waals surface area (Å²) >= 11 is 3.19. The summed E-state index contributed by atoms with van der Waals surface area (Å²) in [6.45, 7) is 3.97. The molecule has 27 heavy (non-hydrogen) atoms. The molecule has 140 valence electrons. The van der Waals surface area contributed by atoms with E-state index in [4.69, 9.17) is 0 Å². The van der Waals surface area contributed by atoms with Crippen LogP contribution in [0.15, 0.2) is 53.0 Å². The maximum Gasteiger partial charge on any atom is 0.221 e. The molecule has 2 heterocycles. The minimum atomic E-state index is -0.115. The fourth-order valence-corrected chi connectivity index (χ4v) is 4.31. The van der Waals surface area contributed by atoms with E-state index in [1.165, 1.54) is 11.8 Å². The fraction of sp³-hybridized carbons (Fsp3) is 0.286. The number of rotatable bonds is 7. The van der Waals surface area contributed by atoms with Crippen molar-refractivity contribution in [3.8, 4) is 0 Å². The third kappa shape index (κ3) is 4.96. The smallest absolute Gasteiger partial charge is 0.221 e. The van der Waals surface area contributed by atoms with Crippen LogP contribution in [0.25, 0.3) is 0 Å². The highest BCUT2D eigenvalue weighted by Crippen LogP contribution is 2.26. The van der Waals surface area contributed by atoms with Crippen LogP contribution in [0.3, 0.4) is 0 Å². The number of aryl methyl sites for hydroxylation is 2. The van der Waals surface area contributed by atoms with E-state index < -0.39 is 0 Å². The number of amides is 1. The lowest BCUT2D eigenvalue weighted by atomic mass is 10.0. The first kappa shape index (κ1) is 19.6. The molecule has 1 amide bonds. The molecule has 1 atom stereocenters. The van der Waals surface area contributed by atoms with Crippen molar-refractivity contribution < 1.29 is 4.79 Å². The minimum absolute atomic E-state index is 0.0324. The average molecular weight is 398 g/mol. The molecule has 2 aromatic heterocycles. The number of nitrogens with zero attached hydrogens (tertiary/aromatic N) is 2. The summed E-state index contributed by atoms with van der Waals surface area (Å²) in [7, 11) is 0. The highest BCUT2D eigenvalue weighted by atomic mass is 32.2. The second kappa shape index (κ2) is 9.15. The molecule has 0 fully saturated rings. The number of carbonyl (C=O) groups excluding carboxylic acids is 1. The Hall–Kier alpha value is -2.18. The van der Waals surface area contributed by atoms with Crippen LogP contribution in [0.1, 0.15) is 39.9 Å². The number of hydrogen-bond donors (Lipinski definition) is 1. The molecular formula is C21H23N3OS2. The molecule has 1 aromatic carbocycles. The molecule has 1 unspecified atom stereocenters. The molecule has 3 aromatic rings. The van der Waals surface area contributed by atoms with Crippen molar-refractivity contribution in [1.29, 1.82) is 0 Å². The Morgan fingerprint density at radius 3 is 2.41 bits per heavy atom. The van der Waals surface area contributed by atoms with Gasteiger partial charge in [-0.3, -0.25) is 4.79 Å². The number of carbonyl (C=O) groups is 1. The number of thiophene rings is 1. The molecular weight excluding hydrogens is 374 g/mol. The monoisotopic (exact) mass is 397 g/mol. The Bertz CT molecular complexity index is 872. The van der Waals surface area contributed by atoms with Gasteiger partial charge < -0.3 is 5.32 Å². The van der Waals surface area contributed by atoms with Gasteiger partial charge in [0.1, 0.15) is 0 Å². The average Bonchev–Trinajstić information content (AvgIpc) is 3.20. The van der Waals surface area contributed by atoms with Gasteiger partial charge in [-0.1, -0.05) is 48.2 Å². The maximum absolute atomic E-state index is 12.7. The molecule has 0 bridgehead atoms. The Kier molecular flexibility index (Phi) is 6.63. The van der Waals surface area contributed by atoms with Gasteiger partial charge in [0, 0.05) is 22.7 Å². The van der Waals surface area contributed by atoms with Crippen molar-refractivity contribution in [3.63, 3.8) is 0 Å². The molecule has 4 nitrogen and oxygen atoms in total. The quantitative estimate of drug-likeness (QED) is 0.463. The van der Waals surface area contributed by atoms with Gasteiger partial charge in [-0.15, -0.1) is 11.3 Å². The van der Waals surface area contributed by atoms with Gasteiger partial charge in [0.25, 0.3) is 0 Å². The summed E-state index contributed by atoms with van der Waals surface area (Å²) in [5.74, 6) is 0.0324. The van der Waals surface area contributed by atoms with E-state index in [0.717, 1.165) is 32.5 Å². The molecule has 0 aliphatic rings. The molecule has 1 N–H and O–H groups in total. The van der Waals surface area contributed by atoms with Crippen molar-refractivity contribution in [1.82, 2.24) is 15.3 Å². The zero-order valence-corrected chi connectivity index (χ0v) is 17.4. The molecule has 0 saturated heterocycles. The lowest BCUT2D eigenvalue weighted by Crippen LogP contribution is -2.29. The van der Waals surface area contributed by atoms with Crippen molar-refractivity contribution >= 4 is 29.0 Å². The zero-order chi connectivity index (χ0) is 19.2. The largest absolute Gasteiger partial charge is 0.344 e. The topological polar surface area (TPSA) is 54.9 Å². The van der Waals surface area contributed by atoms with Gasteiger partial charge in [0.2, 0.25) is 5.91 Å². The molecule has 3 rings (SSSR count). The van der Waals surface area contributed by atoms with E-state index in [1.807, 2.05) is 61.9 Å². The molecule has 0 radical (unpaired) electrons. The predicted molar refractivity (Wildman–Crippen MR) is 112 cm³/mol. The second-order valence-corrected chi connectivity index (χ2v) is 8.04. The Balaban J connectivity index is 1.71. The summed E-state index contributed by atoms with van der Waals surface area (Å²) < 4.78 is 0. The number of hydrogen-bond acceptors (Lipinski definition) is 5. The maximum atomic E-state index is 12.7. The lowest BCUT2D eigenvalue weighted by Gasteiger charge is -2.18. The van der Waals surface area contributed by atoms with Gasteiger partial charge in [-0.2, -0.15) is 0 Å². The second-order valence-electron chi connectivity index (χ2n) is 6.29. The summed E-state index contributed by atoms with van der Waals surface area (Å²) in [6, 6.07) is 14.0. The van der Waals surface area contributed by atoms with Crippen LogP contribution in [-0.2, 0) is 11.2 Å². The summed E-state index contributed by atoms with van der Waals surface area (Å²) in [5, 5.41) is 6.01. The first-order chi connectivity index (χ1) is 13.1. The van der Waals surface area contributed by atoms with Crippen molar-refractivity contribution in [2.75, 3.05) is 6.26 Å². The van der Waals surface area contributed by atoms with Crippen molar-refractivity contribution in [3.05, 3.63) is 75.2 Å². The van der Waals surface area contributed by atoms with Crippen LogP contribution in [0.4, 0.5) is 0 Å². The van der Waals surface area contributed by atoms with Crippen LogP contribution in [0.5, 0.6) is 0 Å². The van der Waals surface area contributed by atoms with Gasteiger partial charge in [-0.25, -0.2) is 9.97 Å². The normalized spacial score (nSPS) is 12.0. The van der Waals surface area contributed by atoms with Crippen molar-refractivity contribution in [2.45, 2.75) is 37.9 Å². The Morgan fingerprint density at radius 1 is 1.11 bits per heavy atom. The van der Waals surface area contributed by atoms with Crippen LogP contribution in [0, 0.1) is 13.8 Å². The van der Waals surface area contributed by atoms with E-state index in [9.17, 15) is 4.79 Å². The molecule has 0 spiro atoms. The molecule has 0 aliphatic carbocycles. The number of thioether (sulfide) groups is 1. The Labute approximate surface area is 168 Å². The zero-order valence-electron chi connectivity index (χ0n) is 15.7. The number of benzene rings is 1. The molecule has 0 saturated carbocycles. The molecule has 0 aliphatic heterocycles. The van der Waals surface area contributed by atoms with Crippen molar-refractivity contribution in [2.24, 2.45) is 0 Å². The van der Waals surface area contributed by atoms with Crippen LogP contribution in [-0.4, -0.2) is 22.1 Å². The van der Waals surface area contributed by atoms with Gasteiger partial charge in [0.05, 0.1) is 6.04 Å². The summed E-state index contributed by atoms with van der Waals surface area (Å²) in [5.41, 5.74) is 4.07. The highest BCUT2D eigenvalue weighted by Gasteiger charge is 2.18. The summed E-state index contributed by atoms with van der Waals surface area (Å²) in [4.78, 5) is 22.8. The third-order valence-electron chi connectivity index (χ3n) is 4.45. The fourth-order valence-electron chi connectivity index (χ4n) is 3.05. The summed E-state index contributed by atoms with van der Waals surface area (Å²) in [6.07, 6.45) is 3.03. The van der Waals surface area contributed by atoms with Crippen LogP contribution >= 0.6 is 23.1 Å². The van der Waals surface area contributed by atoms with E-state index in [0.29, 0.717) is 12.8 Å². The first-order valence-electron chi connectivity index (χ1n) is 8.84. The highest BCUT2D eigenvalue weighted by molar-refractivity contribution is 7.98. The van der Waals surface area contributed by atoms with Crippen LogP contribution < -0.4 is 5.32 Å². The number of nitrogens with one attached hydrogen (secondary N) is 1. The van der Waals surface area contributed by atoms with E-state index in [2.05, 4.69) is 21.4 Å². The van der Waals surface area contributed by atoms with Crippen LogP contribution in [0.2, 0.25) is 0 Å². The third-order valence-corrected chi connectivity index (χ3v) is 5.94. The van der Waals surface area contributed by atoms with Gasteiger partial charge in [0.15, 0.2) is 5.16 Å². The standard InChI is InChI=1S/C21H23N3OS2/c1-14-17(15(2)23-21(22-14)26-3)11-12-19(25)24-20(18-10-7-13-27-18)16-8-5-4-6-9-16/h4-10,13,20H,11-12H2,1-3H3,(H,24,25). The molecule has 6 heteroatoms. The Morgan fingerprint density at radius 2 is 1.81 bits per heavy atom. The van der Waals surface area contributed by atoms with Gasteiger partial charge >= 0.3 is 0 Å². The van der Waals surface area contributed by atoms with E-state index in [1.54, 1.807) is 11.3 Å². The SMILES string of the molecule is CSc1nc(C)c(CCC(=O)NC(c2ccccc2)c2cccs2)c(C)n1. The minimum Gasteiger partial charge on any atom is -0.344 e.